The zero-order valence-corrected chi connectivity index (χ0v) is 13.6. The molecule has 1 saturated heterocycles. The first-order valence-corrected chi connectivity index (χ1v) is 8.03. The SMILES string of the molecule is CCCC1(OC(=O)c2cncn2C(C)c2ccccc2)COC1. The van der Waals surface area contributed by atoms with Gasteiger partial charge in [-0.25, -0.2) is 9.78 Å². The highest BCUT2D eigenvalue weighted by Crippen LogP contribution is 2.29. The Kier molecular flexibility index (Phi) is 4.48. The van der Waals surface area contributed by atoms with Crippen LogP contribution < -0.4 is 0 Å². The van der Waals surface area contributed by atoms with Gasteiger partial charge in [0, 0.05) is 0 Å². The number of rotatable bonds is 6. The highest BCUT2D eigenvalue weighted by molar-refractivity contribution is 5.87. The summed E-state index contributed by atoms with van der Waals surface area (Å²) < 4.78 is 12.9. The molecule has 1 fully saturated rings. The van der Waals surface area contributed by atoms with E-state index in [1.54, 1.807) is 12.5 Å². The maximum Gasteiger partial charge on any atom is 0.357 e. The van der Waals surface area contributed by atoms with Gasteiger partial charge >= 0.3 is 5.97 Å². The van der Waals surface area contributed by atoms with Crippen LogP contribution in [0.3, 0.4) is 0 Å². The van der Waals surface area contributed by atoms with Crippen molar-refractivity contribution in [3.05, 3.63) is 54.1 Å². The minimum atomic E-state index is -0.461. The molecule has 3 rings (SSSR count). The van der Waals surface area contributed by atoms with Crippen LogP contribution >= 0.6 is 0 Å². The van der Waals surface area contributed by atoms with Crippen LogP contribution in [0, 0.1) is 0 Å². The van der Waals surface area contributed by atoms with Crippen LogP contribution in [0.25, 0.3) is 0 Å². The van der Waals surface area contributed by atoms with E-state index in [9.17, 15) is 4.79 Å². The number of nitrogens with zero attached hydrogens (tertiary/aromatic N) is 2. The van der Waals surface area contributed by atoms with Crippen molar-refractivity contribution in [2.45, 2.75) is 38.3 Å². The zero-order chi connectivity index (χ0) is 16.3. The van der Waals surface area contributed by atoms with Gasteiger partial charge in [-0.2, -0.15) is 0 Å². The predicted octanol–water partition coefficient (Wildman–Crippen LogP) is 3.22. The molecule has 0 saturated carbocycles. The minimum absolute atomic E-state index is 0.0148. The van der Waals surface area contributed by atoms with Crippen molar-refractivity contribution in [2.24, 2.45) is 0 Å². The third-order valence-electron chi connectivity index (χ3n) is 4.32. The molecule has 1 aromatic heterocycles. The molecule has 23 heavy (non-hydrogen) atoms. The first-order chi connectivity index (χ1) is 11.2. The summed E-state index contributed by atoms with van der Waals surface area (Å²) >= 11 is 0. The fourth-order valence-electron chi connectivity index (χ4n) is 2.95. The van der Waals surface area contributed by atoms with E-state index in [0.29, 0.717) is 18.9 Å². The summed E-state index contributed by atoms with van der Waals surface area (Å²) in [6, 6.07) is 10.0. The number of esters is 1. The molecule has 1 aliphatic rings. The molecule has 0 N–H and O–H groups in total. The third kappa shape index (κ3) is 3.15. The number of carbonyl (C=O) groups is 1. The Bertz CT molecular complexity index is 662. The van der Waals surface area contributed by atoms with Crippen LogP contribution in [-0.4, -0.2) is 34.3 Å². The molecule has 0 radical (unpaired) electrons. The maximum atomic E-state index is 12.6. The van der Waals surface area contributed by atoms with Crippen molar-refractivity contribution in [1.82, 2.24) is 9.55 Å². The lowest BCUT2D eigenvalue weighted by molar-refractivity contribution is -0.184. The lowest BCUT2D eigenvalue weighted by Gasteiger charge is -2.40. The summed E-state index contributed by atoms with van der Waals surface area (Å²) in [6.45, 7) is 5.08. The Hall–Kier alpha value is -2.14. The van der Waals surface area contributed by atoms with Crippen LogP contribution in [0.2, 0.25) is 0 Å². The Balaban J connectivity index is 1.79. The van der Waals surface area contributed by atoms with Gasteiger partial charge in [-0.1, -0.05) is 43.7 Å². The van der Waals surface area contributed by atoms with Crippen molar-refractivity contribution in [3.8, 4) is 0 Å². The highest BCUT2D eigenvalue weighted by atomic mass is 16.6. The normalized spacial score (nSPS) is 17.3. The van der Waals surface area contributed by atoms with Crippen LogP contribution in [-0.2, 0) is 9.47 Å². The predicted molar refractivity (Wildman–Crippen MR) is 86.4 cm³/mol. The monoisotopic (exact) mass is 314 g/mol. The molecule has 0 aliphatic carbocycles. The van der Waals surface area contributed by atoms with Crippen molar-refractivity contribution < 1.29 is 14.3 Å². The van der Waals surface area contributed by atoms with Gasteiger partial charge in [0.25, 0.3) is 0 Å². The van der Waals surface area contributed by atoms with Crippen LogP contribution in [0.5, 0.6) is 0 Å². The first-order valence-electron chi connectivity index (χ1n) is 8.03. The van der Waals surface area contributed by atoms with Gasteiger partial charge in [-0.05, 0) is 18.9 Å². The molecule has 0 amide bonds. The van der Waals surface area contributed by atoms with E-state index in [2.05, 4.69) is 11.9 Å². The maximum absolute atomic E-state index is 12.6. The van der Waals surface area contributed by atoms with Crippen LogP contribution in [0.15, 0.2) is 42.9 Å². The van der Waals surface area contributed by atoms with Crippen molar-refractivity contribution in [3.63, 3.8) is 0 Å². The van der Waals surface area contributed by atoms with Crippen molar-refractivity contribution in [1.29, 1.82) is 0 Å². The number of ether oxygens (including phenoxy) is 2. The number of hydrogen-bond acceptors (Lipinski definition) is 4. The van der Waals surface area contributed by atoms with Gasteiger partial charge in [0.15, 0.2) is 5.60 Å². The molecule has 1 unspecified atom stereocenters. The van der Waals surface area contributed by atoms with E-state index < -0.39 is 5.60 Å². The lowest BCUT2D eigenvalue weighted by atomic mass is 9.96. The van der Waals surface area contributed by atoms with Crippen molar-refractivity contribution >= 4 is 5.97 Å². The van der Waals surface area contributed by atoms with E-state index in [1.165, 1.54) is 0 Å². The smallest absolute Gasteiger partial charge is 0.357 e. The zero-order valence-electron chi connectivity index (χ0n) is 13.6. The Morgan fingerprint density at radius 3 is 2.74 bits per heavy atom. The average Bonchev–Trinajstić information content (AvgIpc) is 3.02. The largest absolute Gasteiger partial charge is 0.449 e. The molecule has 122 valence electrons. The minimum Gasteiger partial charge on any atom is -0.449 e. The quantitative estimate of drug-likeness (QED) is 0.768. The molecular weight excluding hydrogens is 292 g/mol. The molecule has 1 aliphatic heterocycles. The van der Waals surface area contributed by atoms with E-state index in [1.807, 2.05) is 41.8 Å². The molecule has 1 aromatic carbocycles. The Morgan fingerprint density at radius 2 is 2.13 bits per heavy atom. The number of imidazole rings is 1. The van der Waals surface area contributed by atoms with Gasteiger partial charge in [-0.3, -0.25) is 0 Å². The second-order valence-corrected chi connectivity index (χ2v) is 6.09. The summed E-state index contributed by atoms with van der Waals surface area (Å²) in [7, 11) is 0. The molecular formula is C18H22N2O3. The second kappa shape index (κ2) is 6.54. The van der Waals surface area contributed by atoms with E-state index in [0.717, 1.165) is 18.4 Å². The summed E-state index contributed by atoms with van der Waals surface area (Å²) in [5.74, 6) is -0.331. The first kappa shape index (κ1) is 15.7. The second-order valence-electron chi connectivity index (χ2n) is 6.09. The molecule has 1 atom stereocenters. The van der Waals surface area contributed by atoms with E-state index in [4.69, 9.17) is 9.47 Å². The number of benzene rings is 1. The number of aromatic nitrogens is 2. The summed E-state index contributed by atoms with van der Waals surface area (Å²) in [4.78, 5) is 16.7. The van der Waals surface area contributed by atoms with Crippen LogP contribution in [0.1, 0.15) is 48.8 Å². The Morgan fingerprint density at radius 1 is 1.39 bits per heavy atom. The van der Waals surface area contributed by atoms with Gasteiger partial charge < -0.3 is 14.0 Å². The Labute approximate surface area is 136 Å². The molecule has 2 aromatic rings. The summed E-state index contributed by atoms with van der Waals surface area (Å²) in [5, 5.41) is 0. The van der Waals surface area contributed by atoms with E-state index in [-0.39, 0.29) is 12.0 Å². The summed E-state index contributed by atoms with van der Waals surface area (Å²) in [6.07, 6.45) is 5.02. The van der Waals surface area contributed by atoms with Gasteiger partial charge in [-0.15, -0.1) is 0 Å². The fourth-order valence-corrected chi connectivity index (χ4v) is 2.95. The molecule has 0 spiro atoms. The standard InChI is InChI=1S/C18H22N2O3/c1-3-9-18(11-22-12-18)23-17(21)16-10-19-13-20(16)14(2)15-7-5-4-6-8-15/h4-8,10,13-14H,3,9,11-12H2,1-2H3. The molecule has 5 nitrogen and oxygen atoms in total. The summed E-state index contributed by atoms with van der Waals surface area (Å²) in [5.41, 5.74) is 1.13. The highest BCUT2D eigenvalue weighted by Gasteiger charge is 2.42. The van der Waals surface area contributed by atoms with Crippen LogP contribution in [0.4, 0.5) is 0 Å². The molecule has 5 heteroatoms. The van der Waals surface area contributed by atoms with Gasteiger partial charge in [0.2, 0.25) is 0 Å². The number of hydrogen-bond donors (Lipinski definition) is 0. The third-order valence-corrected chi connectivity index (χ3v) is 4.32. The lowest BCUT2D eigenvalue weighted by Crippen LogP contribution is -2.53. The van der Waals surface area contributed by atoms with Gasteiger partial charge in [0.05, 0.1) is 31.8 Å². The number of carbonyl (C=O) groups excluding carboxylic acids is 1. The topological polar surface area (TPSA) is 53.3 Å². The van der Waals surface area contributed by atoms with E-state index >= 15 is 0 Å². The average molecular weight is 314 g/mol. The molecule has 2 heterocycles. The molecule has 0 bridgehead atoms. The van der Waals surface area contributed by atoms with Gasteiger partial charge in [0.1, 0.15) is 5.69 Å². The fraction of sp³-hybridized carbons (Fsp3) is 0.444. The van der Waals surface area contributed by atoms with Crippen molar-refractivity contribution in [2.75, 3.05) is 13.2 Å².